The summed E-state index contributed by atoms with van der Waals surface area (Å²) in [6.45, 7) is 0. The topological polar surface area (TPSA) is 38.7 Å². The highest BCUT2D eigenvalue weighted by Gasteiger charge is 2.18. The van der Waals surface area contributed by atoms with E-state index in [2.05, 4.69) is 158 Å². The molecule has 0 bridgehead atoms. The second-order valence-electron chi connectivity index (χ2n) is 12.4. The molecule has 0 amide bonds. The van der Waals surface area contributed by atoms with E-state index in [9.17, 15) is 0 Å². The molecule has 3 heterocycles. The van der Waals surface area contributed by atoms with Crippen LogP contribution in [0.4, 0.5) is 0 Å². The average molecular weight is 674 g/mol. The Morgan fingerprint density at radius 2 is 0.700 bits per heavy atom. The highest BCUT2D eigenvalue weighted by molar-refractivity contribution is 7.26. The molecule has 7 aromatic carbocycles. The largest absolute Gasteiger partial charge is 0.208 e. The minimum Gasteiger partial charge on any atom is -0.208 e. The molecule has 0 aliphatic rings. The maximum atomic E-state index is 5.17. The number of fused-ring (bicyclic) bond motifs is 6. The van der Waals surface area contributed by atoms with Gasteiger partial charge in [-0.2, -0.15) is 0 Å². The quantitative estimate of drug-likeness (QED) is 0.182. The van der Waals surface area contributed by atoms with Gasteiger partial charge in [0.05, 0.1) is 0 Å². The fraction of sp³-hybridized carbons (Fsp3) is 0. The Bertz CT molecular complexity index is 2850. The van der Waals surface area contributed by atoms with Crippen LogP contribution in [0.1, 0.15) is 0 Å². The van der Waals surface area contributed by atoms with Crippen molar-refractivity contribution in [1.82, 2.24) is 15.0 Å². The zero-order chi connectivity index (χ0) is 33.0. The molecule has 0 unspecified atom stereocenters. The molecular formula is C45H27N3S2. The molecule has 0 atom stereocenters. The van der Waals surface area contributed by atoms with E-state index in [0.717, 1.165) is 22.3 Å². The standard InChI is InChI=1S/C45H27N3S2/c1-2-10-28(11-3-1)29-20-24-31(25-21-29)43-46-44(48-45(47-43)36-15-9-19-40-42(36)35-13-5-7-17-38(35)50-40)32-26-22-30(23-27-32)33-14-8-18-39-41(33)34-12-4-6-16-37(34)49-39/h1-27H. The zero-order valence-corrected chi connectivity index (χ0v) is 28.4. The van der Waals surface area contributed by atoms with Crippen molar-refractivity contribution < 1.29 is 0 Å². The number of hydrogen-bond acceptors (Lipinski definition) is 5. The number of rotatable bonds is 5. The van der Waals surface area contributed by atoms with E-state index in [-0.39, 0.29) is 0 Å². The molecule has 0 aliphatic heterocycles. The number of hydrogen-bond donors (Lipinski definition) is 0. The van der Waals surface area contributed by atoms with E-state index >= 15 is 0 Å². The predicted octanol–water partition coefficient (Wildman–Crippen LogP) is 12.9. The van der Waals surface area contributed by atoms with Crippen LogP contribution in [0.5, 0.6) is 0 Å². The van der Waals surface area contributed by atoms with E-state index < -0.39 is 0 Å². The van der Waals surface area contributed by atoms with E-state index in [1.165, 1.54) is 57.0 Å². The number of aromatic nitrogens is 3. The third kappa shape index (κ3) is 4.90. The van der Waals surface area contributed by atoms with Crippen molar-refractivity contribution in [3.05, 3.63) is 164 Å². The van der Waals surface area contributed by atoms with Crippen LogP contribution in [0.25, 0.3) is 96.8 Å². The fourth-order valence-corrected chi connectivity index (χ4v) is 9.24. The molecule has 10 aromatic rings. The molecular weight excluding hydrogens is 647 g/mol. The van der Waals surface area contributed by atoms with Gasteiger partial charge in [0.1, 0.15) is 0 Å². The summed E-state index contributed by atoms with van der Waals surface area (Å²) in [5.41, 5.74) is 7.65. The lowest BCUT2D eigenvalue weighted by atomic mass is 9.98. The zero-order valence-electron chi connectivity index (χ0n) is 26.7. The molecule has 10 rings (SSSR count). The lowest BCUT2D eigenvalue weighted by molar-refractivity contribution is 1.08. The first-order chi connectivity index (χ1) is 24.8. The van der Waals surface area contributed by atoms with Crippen LogP contribution in [0.15, 0.2) is 164 Å². The number of thiophene rings is 2. The van der Waals surface area contributed by atoms with Gasteiger partial charge in [-0.25, -0.2) is 15.0 Å². The van der Waals surface area contributed by atoms with E-state index in [1.54, 1.807) is 11.3 Å². The van der Waals surface area contributed by atoms with Crippen LogP contribution in [0.2, 0.25) is 0 Å². The first-order valence-corrected chi connectivity index (χ1v) is 18.2. The first kappa shape index (κ1) is 29.0. The van der Waals surface area contributed by atoms with Crippen molar-refractivity contribution in [3.8, 4) is 56.4 Å². The van der Waals surface area contributed by atoms with Gasteiger partial charge in [0.2, 0.25) is 0 Å². The van der Waals surface area contributed by atoms with Crippen LogP contribution in [-0.4, -0.2) is 15.0 Å². The van der Waals surface area contributed by atoms with Crippen molar-refractivity contribution in [2.45, 2.75) is 0 Å². The lowest BCUT2D eigenvalue weighted by Gasteiger charge is -2.11. The molecule has 0 spiro atoms. The lowest BCUT2D eigenvalue weighted by Crippen LogP contribution is -2.00. The number of benzene rings is 7. The van der Waals surface area contributed by atoms with Crippen molar-refractivity contribution in [1.29, 1.82) is 0 Å². The summed E-state index contributed by atoms with van der Waals surface area (Å²) in [6.07, 6.45) is 0. The van der Waals surface area contributed by atoms with Crippen molar-refractivity contribution in [2.75, 3.05) is 0 Å². The van der Waals surface area contributed by atoms with Gasteiger partial charge < -0.3 is 0 Å². The predicted molar refractivity (Wildman–Crippen MR) is 213 cm³/mol. The summed E-state index contributed by atoms with van der Waals surface area (Å²) < 4.78 is 5.08. The first-order valence-electron chi connectivity index (χ1n) is 16.6. The molecule has 5 heteroatoms. The SMILES string of the molecule is c1ccc(-c2ccc(-c3nc(-c4ccc(-c5cccc6sc7ccccc7c56)cc4)nc(-c4cccc5sc6ccccc6c45)n3)cc2)cc1. The van der Waals surface area contributed by atoms with Gasteiger partial charge in [-0.3, -0.25) is 0 Å². The molecule has 0 N–H and O–H groups in total. The maximum Gasteiger partial charge on any atom is 0.164 e. The molecule has 3 nitrogen and oxygen atoms in total. The van der Waals surface area contributed by atoms with Crippen molar-refractivity contribution >= 4 is 63.0 Å². The van der Waals surface area contributed by atoms with Gasteiger partial charge in [0.25, 0.3) is 0 Å². The molecule has 0 saturated carbocycles. The van der Waals surface area contributed by atoms with Gasteiger partial charge in [0, 0.05) is 57.0 Å². The van der Waals surface area contributed by atoms with Gasteiger partial charge in [0.15, 0.2) is 17.5 Å². The second-order valence-corrected chi connectivity index (χ2v) is 14.5. The van der Waals surface area contributed by atoms with Gasteiger partial charge >= 0.3 is 0 Å². The highest BCUT2D eigenvalue weighted by Crippen LogP contribution is 2.41. The summed E-state index contributed by atoms with van der Waals surface area (Å²) in [7, 11) is 0. The maximum absolute atomic E-state index is 5.17. The summed E-state index contributed by atoms with van der Waals surface area (Å²) in [4.78, 5) is 15.4. The summed E-state index contributed by atoms with van der Waals surface area (Å²) >= 11 is 3.65. The normalized spacial score (nSPS) is 11.6. The number of nitrogens with zero attached hydrogens (tertiary/aromatic N) is 3. The molecule has 50 heavy (non-hydrogen) atoms. The fourth-order valence-electron chi connectivity index (χ4n) is 6.97. The van der Waals surface area contributed by atoms with Crippen molar-refractivity contribution in [3.63, 3.8) is 0 Å². The second kappa shape index (κ2) is 11.8. The van der Waals surface area contributed by atoms with Crippen LogP contribution in [0, 0.1) is 0 Å². The Labute approximate surface area is 296 Å². The summed E-state index contributed by atoms with van der Waals surface area (Å²) in [5.74, 6) is 1.98. The Kier molecular flexibility index (Phi) is 6.86. The molecule has 0 fully saturated rings. The Morgan fingerprint density at radius 3 is 1.30 bits per heavy atom. The van der Waals surface area contributed by atoms with Crippen LogP contribution < -0.4 is 0 Å². The molecule has 0 saturated heterocycles. The van der Waals surface area contributed by atoms with E-state index in [1.807, 2.05) is 17.4 Å². The minimum absolute atomic E-state index is 0.652. The molecule has 0 aliphatic carbocycles. The van der Waals surface area contributed by atoms with Crippen LogP contribution >= 0.6 is 22.7 Å². The van der Waals surface area contributed by atoms with Crippen LogP contribution in [0.3, 0.4) is 0 Å². The highest BCUT2D eigenvalue weighted by atomic mass is 32.1. The van der Waals surface area contributed by atoms with E-state index in [4.69, 9.17) is 15.0 Å². The monoisotopic (exact) mass is 673 g/mol. The van der Waals surface area contributed by atoms with Gasteiger partial charge in [-0.05, 0) is 46.5 Å². The summed E-state index contributed by atoms with van der Waals surface area (Å²) in [5, 5.41) is 5.01. The Morgan fingerprint density at radius 1 is 0.280 bits per heavy atom. The summed E-state index contributed by atoms with van der Waals surface area (Å²) in [6, 6.07) is 57.9. The van der Waals surface area contributed by atoms with Crippen LogP contribution in [-0.2, 0) is 0 Å². The minimum atomic E-state index is 0.652. The molecule has 3 aromatic heterocycles. The Hall–Kier alpha value is -6.01. The van der Waals surface area contributed by atoms with Gasteiger partial charge in [-0.15, -0.1) is 22.7 Å². The van der Waals surface area contributed by atoms with E-state index in [0.29, 0.717) is 17.5 Å². The van der Waals surface area contributed by atoms with Gasteiger partial charge in [-0.1, -0.05) is 140 Å². The Balaban J connectivity index is 1.12. The molecule has 0 radical (unpaired) electrons. The third-order valence-electron chi connectivity index (χ3n) is 9.39. The molecule has 234 valence electrons. The van der Waals surface area contributed by atoms with Crippen molar-refractivity contribution in [2.24, 2.45) is 0 Å². The average Bonchev–Trinajstić information content (AvgIpc) is 3.77. The third-order valence-corrected chi connectivity index (χ3v) is 11.7. The smallest absolute Gasteiger partial charge is 0.164 e.